The Hall–Kier alpha value is -3.60. The van der Waals surface area contributed by atoms with E-state index in [-0.39, 0.29) is 17.9 Å². The number of H-pyrrole nitrogens is 1. The third-order valence-electron chi connectivity index (χ3n) is 4.02. The Morgan fingerprint density at radius 3 is 2.87 bits per heavy atom. The number of aromatic amines is 1. The van der Waals surface area contributed by atoms with Crippen LogP contribution in [0.15, 0.2) is 40.6 Å². The molecule has 1 amide bonds. The van der Waals surface area contributed by atoms with E-state index in [2.05, 4.69) is 34.3 Å². The fourth-order valence-corrected chi connectivity index (χ4v) is 3.50. The van der Waals surface area contributed by atoms with Crippen molar-refractivity contribution in [2.75, 3.05) is 6.61 Å². The van der Waals surface area contributed by atoms with Crippen LogP contribution in [0.3, 0.4) is 0 Å². The number of rotatable bonds is 8. The summed E-state index contributed by atoms with van der Waals surface area (Å²) in [6.45, 7) is 6.03. The maximum atomic E-state index is 12.4. The van der Waals surface area contributed by atoms with E-state index in [1.54, 1.807) is 36.9 Å². The lowest BCUT2D eigenvalue weighted by atomic mass is 10.2. The van der Waals surface area contributed by atoms with Crippen LogP contribution < -0.4 is 10.2 Å². The zero-order chi connectivity index (χ0) is 22.5. The normalized spacial score (nSPS) is 11.4. The standard InChI is InChI=1S/C20H21N5O5S/c1-4-30-17-8-12(7-16(18(17)26)25(28)29)10-21-24-19(27)13-5-6-14-15(9-13)23-20(22-14)31-11(2)3/h5-11,26H,4H2,1-3H3,(H,22,23)(H,24,27)/b21-10-. The largest absolute Gasteiger partial charge is 0.500 e. The predicted octanol–water partition coefficient (Wildman–Crippen LogP) is 3.84. The molecule has 0 spiro atoms. The van der Waals surface area contributed by atoms with Crippen LogP contribution in [0.1, 0.15) is 36.7 Å². The molecule has 1 aromatic heterocycles. The van der Waals surface area contributed by atoms with Crippen LogP contribution in [0.4, 0.5) is 5.69 Å². The van der Waals surface area contributed by atoms with Gasteiger partial charge in [0.25, 0.3) is 5.91 Å². The van der Waals surface area contributed by atoms with Gasteiger partial charge in [0.15, 0.2) is 10.9 Å². The molecule has 0 unspecified atom stereocenters. The molecule has 0 bridgehead atoms. The van der Waals surface area contributed by atoms with Crippen LogP contribution in [-0.2, 0) is 0 Å². The summed E-state index contributed by atoms with van der Waals surface area (Å²) in [4.78, 5) is 30.5. The minimum Gasteiger partial charge on any atom is -0.500 e. The average molecular weight is 443 g/mol. The van der Waals surface area contributed by atoms with E-state index in [1.165, 1.54) is 12.3 Å². The number of nitrogens with zero attached hydrogens (tertiary/aromatic N) is 3. The number of phenolic OH excluding ortho intramolecular Hbond substituents is 1. The number of aromatic hydroxyl groups is 1. The van der Waals surface area contributed by atoms with Gasteiger partial charge in [0.05, 0.1) is 28.8 Å². The molecular formula is C20H21N5O5S. The molecule has 1 heterocycles. The van der Waals surface area contributed by atoms with Crippen LogP contribution in [-0.4, -0.2) is 44.0 Å². The third-order valence-corrected chi connectivity index (χ3v) is 4.91. The highest BCUT2D eigenvalue weighted by molar-refractivity contribution is 7.99. The zero-order valence-corrected chi connectivity index (χ0v) is 17.9. The Kier molecular flexibility index (Phi) is 6.75. The maximum Gasteiger partial charge on any atom is 0.315 e. The molecule has 0 atom stereocenters. The topological polar surface area (TPSA) is 143 Å². The van der Waals surface area contributed by atoms with Gasteiger partial charge in [0.1, 0.15) is 0 Å². The number of ether oxygens (including phenoxy) is 1. The molecule has 162 valence electrons. The van der Waals surface area contributed by atoms with Crippen molar-refractivity contribution in [2.24, 2.45) is 5.10 Å². The van der Waals surface area contributed by atoms with Crippen molar-refractivity contribution in [3.8, 4) is 11.5 Å². The molecule has 11 heteroatoms. The number of hydrazone groups is 1. The lowest BCUT2D eigenvalue weighted by molar-refractivity contribution is -0.386. The lowest BCUT2D eigenvalue weighted by Gasteiger charge is -2.07. The van der Waals surface area contributed by atoms with E-state index in [0.717, 1.165) is 22.3 Å². The Morgan fingerprint density at radius 1 is 1.42 bits per heavy atom. The summed E-state index contributed by atoms with van der Waals surface area (Å²) >= 11 is 1.59. The lowest BCUT2D eigenvalue weighted by Crippen LogP contribution is -2.17. The number of imidazole rings is 1. The molecule has 0 aliphatic carbocycles. The van der Waals surface area contributed by atoms with Gasteiger partial charge in [-0.15, -0.1) is 0 Å². The Labute approximate surface area is 181 Å². The number of carbonyl (C=O) groups excluding carboxylic acids is 1. The average Bonchev–Trinajstić information content (AvgIpc) is 3.10. The first-order chi connectivity index (χ1) is 14.8. The number of nitro groups is 1. The molecule has 0 saturated heterocycles. The minimum atomic E-state index is -0.723. The van der Waals surface area contributed by atoms with E-state index >= 15 is 0 Å². The highest BCUT2D eigenvalue weighted by Gasteiger charge is 2.19. The highest BCUT2D eigenvalue weighted by Crippen LogP contribution is 2.36. The first-order valence-electron chi connectivity index (χ1n) is 9.42. The SMILES string of the molecule is CCOc1cc(/C=N\NC(=O)c2ccc3nc(SC(C)C)[nH]c3c2)cc([N+](=O)[O-])c1O. The number of carbonyl (C=O) groups is 1. The Balaban J connectivity index is 1.76. The molecule has 31 heavy (non-hydrogen) atoms. The van der Waals surface area contributed by atoms with Crippen molar-refractivity contribution in [3.63, 3.8) is 0 Å². The monoisotopic (exact) mass is 443 g/mol. The maximum absolute atomic E-state index is 12.4. The van der Waals surface area contributed by atoms with Gasteiger partial charge in [-0.25, -0.2) is 10.4 Å². The fraction of sp³-hybridized carbons (Fsp3) is 0.250. The van der Waals surface area contributed by atoms with Gasteiger partial charge in [0, 0.05) is 22.4 Å². The summed E-state index contributed by atoms with van der Waals surface area (Å²) < 4.78 is 5.22. The van der Waals surface area contributed by atoms with Crippen molar-refractivity contribution >= 4 is 40.6 Å². The summed E-state index contributed by atoms with van der Waals surface area (Å²) in [5.41, 5.74) is 4.01. The summed E-state index contributed by atoms with van der Waals surface area (Å²) in [5, 5.41) is 26.1. The van der Waals surface area contributed by atoms with Crippen molar-refractivity contribution in [1.29, 1.82) is 0 Å². The molecule has 0 saturated carbocycles. The van der Waals surface area contributed by atoms with Gasteiger partial charge in [-0.3, -0.25) is 14.9 Å². The fourth-order valence-electron chi connectivity index (χ4n) is 2.73. The quantitative estimate of drug-likeness (QED) is 0.208. The zero-order valence-electron chi connectivity index (χ0n) is 17.1. The number of hydrogen-bond donors (Lipinski definition) is 3. The number of benzene rings is 2. The second-order valence-corrected chi connectivity index (χ2v) is 8.28. The molecule has 0 fully saturated rings. The van der Waals surface area contributed by atoms with Gasteiger partial charge >= 0.3 is 5.69 Å². The molecular weight excluding hydrogens is 422 g/mol. The van der Waals surface area contributed by atoms with Crippen molar-refractivity contribution < 1.29 is 19.6 Å². The molecule has 3 rings (SSSR count). The van der Waals surface area contributed by atoms with Crippen LogP contribution in [0.25, 0.3) is 11.0 Å². The van der Waals surface area contributed by atoms with Gasteiger partial charge in [0.2, 0.25) is 5.75 Å². The van der Waals surface area contributed by atoms with Crippen molar-refractivity contribution in [2.45, 2.75) is 31.2 Å². The van der Waals surface area contributed by atoms with E-state index < -0.39 is 22.3 Å². The summed E-state index contributed by atoms with van der Waals surface area (Å²) in [6, 6.07) is 7.59. The molecule has 3 aromatic rings. The number of amides is 1. The van der Waals surface area contributed by atoms with Crippen LogP contribution in [0.5, 0.6) is 11.5 Å². The predicted molar refractivity (Wildman–Crippen MR) is 118 cm³/mol. The Morgan fingerprint density at radius 2 is 2.19 bits per heavy atom. The number of fused-ring (bicyclic) bond motifs is 1. The molecule has 0 radical (unpaired) electrons. The van der Waals surface area contributed by atoms with Crippen molar-refractivity contribution in [3.05, 3.63) is 51.6 Å². The molecule has 0 aliphatic rings. The van der Waals surface area contributed by atoms with E-state index in [4.69, 9.17) is 4.74 Å². The van der Waals surface area contributed by atoms with E-state index in [0.29, 0.717) is 10.8 Å². The van der Waals surface area contributed by atoms with Crippen molar-refractivity contribution in [1.82, 2.24) is 15.4 Å². The number of nitrogens with one attached hydrogen (secondary N) is 2. The van der Waals surface area contributed by atoms with Gasteiger partial charge < -0.3 is 14.8 Å². The van der Waals surface area contributed by atoms with Gasteiger partial charge in [-0.1, -0.05) is 25.6 Å². The summed E-state index contributed by atoms with van der Waals surface area (Å²) in [6.07, 6.45) is 1.24. The van der Waals surface area contributed by atoms with E-state index in [9.17, 15) is 20.0 Å². The molecule has 2 aromatic carbocycles. The first kappa shape index (κ1) is 22.1. The van der Waals surface area contributed by atoms with Gasteiger partial charge in [-0.2, -0.15) is 5.10 Å². The second-order valence-electron chi connectivity index (χ2n) is 6.72. The molecule has 3 N–H and O–H groups in total. The number of thioether (sulfide) groups is 1. The number of phenols is 1. The summed E-state index contributed by atoms with van der Waals surface area (Å²) in [7, 11) is 0. The summed E-state index contributed by atoms with van der Waals surface area (Å²) in [5.74, 6) is -1.05. The smallest absolute Gasteiger partial charge is 0.315 e. The van der Waals surface area contributed by atoms with Crippen LogP contribution in [0, 0.1) is 10.1 Å². The highest BCUT2D eigenvalue weighted by atomic mass is 32.2. The second kappa shape index (κ2) is 9.47. The number of nitro benzene ring substituents is 1. The van der Waals surface area contributed by atoms with Crippen LogP contribution >= 0.6 is 11.8 Å². The molecule has 0 aliphatic heterocycles. The van der Waals surface area contributed by atoms with Gasteiger partial charge in [-0.05, 0) is 31.2 Å². The van der Waals surface area contributed by atoms with Crippen LogP contribution in [0.2, 0.25) is 0 Å². The number of aromatic nitrogens is 2. The molecule has 10 nitrogen and oxygen atoms in total. The van der Waals surface area contributed by atoms with E-state index in [1.807, 2.05) is 0 Å². The number of hydrogen-bond acceptors (Lipinski definition) is 8. The Bertz CT molecular complexity index is 1160. The first-order valence-corrected chi connectivity index (χ1v) is 10.3. The minimum absolute atomic E-state index is 0.0377. The third kappa shape index (κ3) is 5.31.